The zero-order valence-corrected chi connectivity index (χ0v) is 11.0. The molecule has 0 aliphatic carbocycles. The number of likely N-dealkylation sites (tertiary alicyclic amines) is 1. The van der Waals surface area contributed by atoms with Gasteiger partial charge < -0.3 is 9.63 Å². The van der Waals surface area contributed by atoms with E-state index >= 15 is 0 Å². The predicted molar refractivity (Wildman–Crippen MR) is 63.9 cm³/mol. The summed E-state index contributed by atoms with van der Waals surface area (Å²) < 4.78 is 5.07. The Morgan fingerprint density at radius 1 is 1.61 bits per heavy atom. The number of rotatable bonds is 3. The van der Waals surface area contributed by atoms with Gasteiger partial charge >= 0.3 is 5.97 Å². The second-order valence-corrected chi connectivity index (χ2v) is 5.54. The van der Waals surface area contributed by atoms with Gasteiger partial charge in [0.15, 0.2) is 5.82 Å². The molecule has 0 spiro atoms. The lowest BCUT2D eigenvalue weighted by Gasteiger charge is -2.43. The maximum atomic E-state index is 11.5. The number of nitrogens with zero attached hydrogens (tertiary/aromatic N) is 3. The van der Waals surface area contributed by atoms with Crippen LogP contribution in [0.5, 0.6) is 0 Å². The molecule has 0 amide bonds. The van der Waals surface area contributed by atoms with Crippen LogP contribution in [0.25, 0.3) is 0 Å². The quantitative estimate of drug-likeness (QED) is 0.878. The molecule has 1 fully saturated rings. The topological polar surface area (TPSA) is 79.5 Å². The van der Waals surface area contributed by atoms with Gasteiger partial charge in [-0.25, -0.2) is 0 Å². The highest BCUT2D eigenvalue weighted by Gasteiger charge is 2.42. The Bertz CT molecular complexity index is 442. The van der Waals surface area contributed by atoms with Crippen LogP contribution in [0.15, 0.2) is 4.52 Å². The van der Waals surface area contributed by atoms with Crippen molar-refractivity contribution in [3.63, 3.8) is 0 Å². The molecule has 1 aliphatic rings. The molecule has 1 aromatic heterocycles. The molecule has 1 atom stereocenters. The summed E-state index contributed by atoms with van der Waals surface area (Å²) in [7, 11) is 0. The number of carbonyl (C=O) groups is 1. The van der Waals surface area contributed by atoms with Gasteiger partial charge in [-0.2, -0.15) is 4.98 Å². The normalized spacial score (nSPS) is 24.1. The minimum Gasteiger partial charge on any atom is -0.480 e. The van der Waals surface area contributed by atoms with Crippen molar-refractivity contribution in [3.05, 3.63) is 11.7 Å². The third-order valence-electron chi connectivity index (χ3n) is 3.51. The monoisotopic (exact) mass is 253 g/mol. The van der Waals surface area contributed by atoms with E-state index in [4.69, 9.17) is 4.52 Å². The van der Waals surface area contributed by atoms with Gasteiger partial charge in [0.25, 0.3) is 0 Å². The lowest BCUT2D eigenvalue weighted by Crippen LogP contribution is -2.53. The zero-order valence-electron chi connectivity index (χ0n) is 11.0. The first-order chi connectivity index (χ1) is 8.40. The SMILES string of the molecule is Cc1noc(CN2CCCC(C)(C)C2C(=O)O)n1. The van der Waals surface area contributed by atoms with Crippen LogP contribution in [0.2, 0.25) is 0 Å². The number of carboxylic acid groups (broad SMARTS) is 1. The first-order valence-electron chi connectivity index (χ1n) is 6.16. The molecule has 6 nitrogen and oxygen atoms in total. The second-order valence-electron chi connectivity index (χ2n) is 5.54. The average Bonchev–Trinajstić information content (AvgIpc) is 2.61. The Labute approximate surface area is 106 Å². The van der Waals surface area contributed by atoms with Crippen LogP contribution >= 0.6 is 0 Å². The molecule has 0 saturated carbocycles. The van der Waals surface area contributed by atoms with E-state index in [0.29, 0.717) is 18.3 Å². The maximum absolute atomic E-state index is 11.5. The molecule has 0 aromatic carbocycles. The van der Waals surface area contributed by atoms with Crippen LogP contribution in [-0.2, 0) is 11.3 Å². The van der Waals surface area contributed by atoms with E-state index in [2.05, 4.69) is 10.1 Å². The fraction of sp³-hybridized carbons (Fsp3) is 0.750. The average molecular weight is 253 g/mol. The zero-order chi connectivity index (χ0) is 13.3. The molecule has 1 N–H and O–H groups in total. The van der Waals surface area contributed by atoms with Crippen LogP contribution < -0.4 is 0 Å². The lowest BCUT2D eigenvalue weighted by molar-refractivity contribution is -0.151. The third-order valence-corrected chi connectivity index (χ3v) is 3.51. The van der Waals surface area contributed by atoms with Gasteiger partial charge in [0.05, 0.1) is 6.54 Å². The highest BCUT2D eigenvalue weighted by Crippen LogP contribution is 2.35. The van der Waals surface area contributed by atoms with Gasteiger partial charge in [0.2, 0.25) is 5.89 Å². The summed E-state index contributed by atoms with van der Waals surface area (Å²) >= 11 is 0. The fourth-order valence-electron chi connectivity index (χ4n) is 2.74. The van der Waals surface area contributed by atoms with Crippen molar-refractivity contribution >= 4 is 5.97 Å². The van der Waals surface area contributed by atoms with Gasteiger partial charge in [-0.3, -0.25) is 9.69 Å². The summed E-state index contributed by atoms with van der Waals surface area (Å²) in [6.07, 6.45) is 1.91. The number of hydrogen-bond donors (Lipinski definition) is 1. The second kappa shape index (κ2) is 4.68. The number of aromatic nitrogens is 2. The largest absolute Gasteiger partial charge is 0.480 e. The summed E-state index contributed by atoms with van der Waals surface area (Å²) in [5, 5.41) is 13.1. The summed E-state index contributed by atoms with van der Waals surface area (Å²) in [5.41, 5.74) is -0.237. The van der Waals surface area contributed by atoms with Crippen LogP contribution in [-0.4, -0.2) is 38.7 Å². The lowest BCUT2D eigenvalue weighted by atomic mass is 9.76. The molecular weight excluding hydrogens is 234 g/mol. The Hall–Kier alpha value is -1.43. The number of carboxylic acids is 1. The molecule has 18 heavy (non-hydrogen) atoms. The van der Waals surface area contributed by atoms with Crippen LogP contribution in [0.1, 0.15) is 38.4 Å². The first-order valence-corrected chi connectivity index (χ1v) is 6.16. The summed E-state index contributed by atoms with van der Waals surface area (Å²) in [6.45, 7) is 6.90. The molecule has 0 radical (unpaired) electrons. The van der Waals surface area contributed by atoms with Gasteiger partial charge in [-0.1, -0.05) is 19.0 Å². The van der Waals surface area contributed by atoms with Crippen LogP contribution in [0.3, 0.4) is 0 Å². The highest BCUT2D eigenvalue weighted by molar-refractivity contribution is 5.74. The minimum absolute atomic E-state index is 0.237. The molecule has 2 heterocycles. The molecule has 1 aliphatic heterocycles. The van der Waals surface area contributed by atoms with Crippen molar-refractivity contribution in [1.29, 1.82) is 0 Å². The Morgan fingerprint density at radius 3 is 2.89 bits per heavy atom. The van der Waals surface area contributed by atoms with E-state index in [9.17, 15) is 9.90 Å². The molecule has 1 saturated heterocycles. The van der Waals surface area contributed by atoms with Gasteiger partial charge in [-0.05, 0) is 31.7 Å². The van der Waals surface area contributed by atoms with E-state index in [1.165, 1.54) is 0 Å². The molecule has 0 bridgehead atoms. The molecular formula is C12H19N3O3. The van der Waals surface area contributed by atoms with E-state index in [0.717, 1.165) is 19.4 Å². The summed E-state index contributed by atoms with van der Waals surface area (Å²) in [6, 6.07) is -0.501. The fourth-order valence-corrected chi connectivity index (χ4v) is 2.74. The van der Waals surface area contributed by atoms with Crippen LogP contribution in [0.4, 0.5) is 0 Å². The highest BCUT2D eigenvalue weighted by atomic mass is 16.5. The van der Waals surface area contributed by atoms with Crippen molar-refractivity contribution < 1.29 is 14.4 Å². The van der Waals surface area contributed by atoms with Gasteiger partial charge in [0, 0.05) is 0 Å². The summed E-state index contributed by atoms with van der Waals surface area (Å²) in [5.74, 6) is 0.278. The van der Waals surface area contributed by atoms with Crippen LogP contribution in [0, 0.1) is 12.3 Å². The van der Waals surface area contributed by atoms with Crippen molar-refractivity contribution in [2.24, 2.45) is 5.41 Å². The minimum atomic E-state index is -0.782. The maximum Gasteiger partial charge on any atom is 0.321 e. The standard InChI is InChI=1S/C12H19N3O3/c1-8-13-9(18-14-8)7-15-6-4-5-12(2,3)10(15)11(16)17/h10H,4-7H2,1-3H3,(H,16,17). The Kier molecular flexibility index (Phi) is 3.38. The van der Waals surface area contributed by atoms with Gasteiger partial charge in [-0.15, -0.1) is 0 Å². The molecule has 1 aromatic rings. The van der Waals surface area contributed by atoms with E-state index in [1.54, 1.807) is 6.92 Å². The number of aryl methyl sites for hydroxylation is 1. The van der Waals surface area contributed by atoms with Crippen molar-refractivity contribution in [3.8, 4) is 0 Å². The van der Waals surface area contributed by atoms with Crippen molar-refractivity contribution in [2.45, 2.75) is 46.2 Å². The van der Waals surface area contributed by atoms with E-state index in [-0.39, 0.29) is 5.41 Å². The van der Waals surface area contributed by atoms with Gasteiger partial charge in [0.1, 0.15) is 6.04 Å². The Morgan fingerprint density at radius 2 is 2.33 bits per heavy atom. The molecule has 1 unspecified atom stereocenters. The number of piperidine rings is 1. The van der Waals surface area contributed by atoms with E-state index in [1.807, 2.05) is 18.7 Å². The Balaban J connectivity index is 2.17. The summed E-state index contributed by atoms with van der Waals surface area (Å²) in [4.78, 5) is 17.5. The van der Waals surface area contributed by atoms with E-state index < -0.39 is 12.0 Å². The van der Waals surface area contributed by atoms with Crippen molar-refractivity contribution in [2.75, 3.05) is 6.54 Å². The smallest absolute Gasteiger partial charge is 0.321 e. The number of aliphatic carboxylic acids is 1. The van der Waals surface area contributed by atoms with Crippen molar-refractivity contribution in [1.82, 2.24) is 15.0 Å². The number of hydrogen-bond acceptors (Lipinski definition) is 5. The molecule has 100 valence electrons. The molecule has 6 heteroatoms. The molecule has 2 rings (SSSR count). The first kappa shape index (κ1) is 13.0. The third kappa shape index (κ3) is 2.53. The predicted octanol–water partition coefficient (Wildman–Crippen LogP) is 1.45.